The molecule has 1 saturated heterocycles. The minimum Gasteiger partial charge on any atom is -0.354 e. The summed E-state index contributed by atoms with van der Waals surface area (Å²) in [5.74, 6) is -1.51. The van der Waals surface area contributed by atoms with Gasteiger partial charge in [-0.1, -0.05) is 30.3 Å². The molecule has 2 fully saturated rings. The molecular formula is C20H27N3O4. The normalized spacial score (nSPS) is 27.9. The first kappa shape index (κ1) is 19.4. The van der Waals surface area contributed by atoms with E-state index in [1.54, 1.807) is 5.48 Å². The lowest BCUT2D eigenvalue weighted by Gasteiger charge is -2.36. The number of nitrogens with one attached hydrogen (secondary N) is 2. The highest BCUT2D eigenvalue weighted by atomic mass is 16.5. The van der Waals surface area contributed by atoms with E-state index in [2.05, 4.69) is 17.4 Å². The van der Waals surface area contributed by atoms with Crippen molar-refractivity contribution in [3.63, 3.8) is 0 Å². The highest BCUT2D eigenvalue weighted by Crippen LogP contribution is 2.35. The first-order chi connectivity index (χ1) is 13.0. The van der Waals surface area contributed by atoms with E-state index in [0.717, 1.165) is 6.42 Å². The summed E-state index contributed by atoms with van der Waals surface area (Å²) in [6.45, 7) is 2.77. The number of carbonyl (C=O) groups is 3. The van der Waals surface area contributed by atoms with Gasteiger partial charge in [-0.05, 0) is 31.2 Å². The Morgan fingerprint density at radius 1 is 1.07 bits per heavy atom. The van der Waals surface area contributed by atoms with Gasteiger partial charge >= 0.3 is 0 Å². The van der Waals surface area contributed by atoms with Crippen LogP contribution in [0, 0.1) is 11.8 Å². The van der Waals surface area contributed by atoms with Crippen molar-refractivity contribution in [1.29, 1.82) is 0 Å². The summed E-state index contributed by atoms with van der Waals surface area (Å²) in [7, 11) is 0. The first-order valence-corrected chi connectivity index (χ1v) is 9.54. The van der Waals surface area contributed by atoms with E-state index < -0.39 is 17.7 Å². The summed E-state index contributed by atoms with van der Waals surface area (Å²) >= 11 is 0. The summed E-state index contributed by atoms with van der Waals surface area (Å²) in [5, 5.41) is 11.9. The van der Waals surface area contributed by atoms with E-state index in [4.69, 9.17) is 5.21 Å². The Morgan fingerprint density at radius 3 is 2.48 bits per heavy atom. The third kappa shape index (κ3) is 4.47. The highest BCUT2D eigenvalue weighted by Gasteiger charge is 2.42. The molecule has 0 bridgehead atoms. The van der Waals surface area contributed by atoms with Crippen LogP contribution < -0.4 is 10.8 Å². The lowest BCUT2D eigenvalue weighted by atomic mass is 9.75. The Morgan fingerprint density at radius 2 is 1.81 bits per heavy atom. The number of hydrogen-bond acceptors (Lipinski definition) is 4. The number of rotatable bonds is 4. The zero-order valence-corrected chi connectivity index (χ0v) is 15.6. The molecule has 1 aromatic carbocycles. The zero-order valence-electron chi connectivity index (χ0n) is 15.6. The standard InChI is InChI=1S/C20H27N3O4/c1-13(24)21-16-7-8-17(18(11-16)19(25)22-27)20(26)23-10-9-15(12-23)14-5-3-2-4-6-14/h2-6,15-18,27H,7-12H2,1H3,(H,21,24)(H,22,25)/t15-,16-,17-,18-/m0/s1. The van der Waals surface area contributed by atoms with Gasteiger partial charge in [0.1, 0.15) is 0 Å². The molecule has 3 N–H and O–H groups in total. The summed E-state index contributed by atoms with van der Waals surface area (Å²) in [5.41, 5.74) is 2.92. The third-order valence-corrected chi connectivity index (χ3v) is 5.79. The molecular weight excluding hydrogens is 346 g/mol. The molecule has 0 spiro atoms. The Labute approximate surface area is 159 Å². The summed E-state index contributed by atoms with van der Waals surface area (Å²) in [6.07, 6.45) is 2.45. The van der Waals surface area contributed by atoms with Crippen LogP contribution >= 0.6 is 0 Å². The van der Waals surface area contributed by atoms with Crippen molar-refractivity contribution in [2.24, 2.45) is 11.8 Å². The highest BCUT2D eigenvalue weighted by molar-refractivity contribution is 5.88. The second-order valence-electron chi connectivity index (χ2n) is 7.58. The predicted molar refractivity (Wildman–Crippen MR) is 98.7 cm³/mol. The molecule has 1 heterocycles. The van der Waals surface area contributed by atoms with Crippen molar-refractivity contribution < 1.29 is 19.6 Å². The van der Waals surface area contributed by atoms with Gasteiger partial charge in [-0.2, -0.15) is 0 Å². The maximum atomic E-state index is 13.1. The van der Waals surface area contributed by atoms with Gasteiger partial charge in [-0.15, -0.1) is 0 Å². The van der Waals surface area contributed by atoms with E-state index in [-0.39, 0.29) is 17.9 Å². The fourth-order valence-electron chi connectivity index (χ4n) is 4.45. The number of benzene rings is 1. The molecule has 4 atom stereocenters. The lowest BCUT2D eigenvalue weighted by Crippen LogP contribution is -2.49. The SMILES string of the molecule is CC(=O)N[C@H]1CC[C@H](C(=O)N2CC[C@H](c3ccccc3)C2)[C@@H](C(=O)NO)C1. The van der Waals surface area contributed by atoms with Crippen molar-refractivity contribution >= 4 is 17.7 Å². The Kier molecular flexibility index (Phi) is 6.11. The monoisotopic (exact) mass is 373 g/mol. The van der Waals surface area contributed by atoms with Crippen molar-refractivity contribution in [2.75, 3.05) is 13.1 Å². The van der Waals surface area contributed by atoms with E-state index in [1.165, 1.54) is 12.5 Å². The minimum atomic E-state index is -0.635. The van der Waals surface area contributed by atoms with Crippen LogP contribution in [0.15, 0.2) is 30.3 Å². The molecule has 0 aromatic heterocycles. The van der Waals surface area contributed by atoms with E-state index in [0.29, 0.717) is 38.3 Å². The van der Waals surface area contributed by atoms with Crippen LogP contribution in [-0.2, 0) is 14.4 Å². The van der Waals surface area contributed by atoms with Crippen LogP contribution in [-0.4, -0.2) is 47.0 Å². The average molecular weight is 373 g/mol. The maximum absolute atomic E-state index is 13.1. The van der Waals surface area contributed by atoms with Crippen LogP contribution in [0.3, 0.4) is 0 Å². The number of nitrogens with zero attached hydrogens (tertiary/aromatic N) is 1. The van der Waals surface area contributed by atoms with Gasteiger partial charge in [-0.3, -0.25) is 19.6 Å². The fraction of sp³-hybridized carbons (Fsp3) is 0.550. The summed E-state index contributed by atoms with van der Waals surface area (Å²) in [6, 6.07) is 10.0. The molecule has 2 aliphatic rings. The van der Waals surface area contributed by atoms with E-state index in [9.17, 15) is 14.4 Å². The van der Waals surface area contributed by atoms with Gasteiger partial charge < -0.3 is 10.2 Å². The lowest BCUT2D eigenvalue weighted by molar-refractivity contribution is -0.147. The molecule has 3 rings (SSSR count). The van der Waals surface area contributed by atoms with Gasteiger partial charge in [-0.25, -0.2) is 5.48 Å². The topological polar surface area (TPSA) is 98.7 Å². The van der Waals surface area contributed by atoms with Gasteiger partial charge in [0.25, 0.3) is 0 Å². The minimum absolute atomic E-state index is 0.0247. The molecule has 1 aromatic rings. The van der Waals surface area contributed by atoms with Crippen molar-refractivity contribution in [2.45, 2.75) is 44.6 Å². The molecule has 7 nitrogen and oxygen atoms in total. The van der Waals surface area contributed by atoms with Crippen molar-refractivity contribution in [3.05, 3.63) is 35.9 Å². The number of carbonyl (C=O) groups excluding carboxylic acids is 3. The number of likely N-dealkylation sites (tertiary alicyclic amines) is 1. The van der Waals surface area contributed by atoms with Crippen LogP contribution in [0.25, 0.3) is 0 Å². The van der Waals surface area contributed by atoms with Gasteiger partial charge in [0.15, 0.2) is 0 Å². The molecule has 1 saturated carbocycles. The fourth-order valence-corrected chi connectivity index (χ4v) is 4.45. The predicted octanol–water partition coefficient (Wildman–Crippen LogP) is 1.43. The van der Waals surface area contributed by atoms with Crippen LogP contribution in [0.2, 0.25) is 0 Å². The van der Waals surface area contributed by atoms with Crippen LogP contribution in [0.5, 0.6) is 0 Å². The third-order valence-electron chi connectivity index (χ3n) is 5.79. The first-order valence-electron chi connectivity index (χ1n) is 9.54. The molecule has 0 unspecified atom stereocenters. The quantitative estimate of drug-likeness (QED) is 0.549. The van der Waals surface area contributed by atoms with Gasteiger partial charge in [0, 0.05) is 37.9 Å². The molecule has 1 aliphatic carbocycles. The van der Waals surface area contributed by atoms with E-state index in [1.807, 2.05) is 23.1 Å². The van der Waals surface area contributed by atoms with Crippen molar-refractivity contribution in [1.82, 2.24) is 15.7 Å². The molecule has 3 amide bonds. The maximum Gasteiger partial charge on any atom is 0.247 e. The summed E-state index contributed by atoms with van der Waals surface area (Å²) < 4.78 is 0. The largest absolute Gasteiger partial charge is 0.354 e. The molecule has 7 heteroatoms. The smallest absolute Gasteiger partial charge is 0.247 e. The van der Waals surface area contributed by atoms with Gasteiger partial charge in [0.2, 0.25) is 17.7 Å². The Balaban J connectivity index is 1.67. The molecule has 146 valence electrons. The molecule has 27 heavy (non-hydrogen) atoms. The Bertz CT molecular complexity index is 694. The van der Waals surface area contributed by atoms with Crippen LogP contribution in [0.4, 0.5) is 0 Å². The zero-order chi connectivity index (χ0) is 19.4. The van der Waals surface area contributed by atoms with E-state index >= 15 is 0 Å². The number of hydrogen-bond donors (Lipinski definition) is 3. The summed E-state index contributed by atoms with van der Waals surface area (Å²) in [4.78, 5) is 38.4. The van der Waals surface area contributed by atoms with Crippen molar-refractivity contribution in [3.8, 4) is 0 Å². The number of amides is 3. The average Bonchev–Trinajstić information content (AvgIpc) is 3.17. The molecule has 1 aliphatic heterocycles. The second kappa shape index (κ2) is 8.52. The van der Waals surface area contributed by atoms with Crippen LogP contribution in [0.1, 0.15) is 44.1 Å². The number of hydroxylamine groups is 1. The second-order valence-corrected chi connectivity index (χ2v) is 7.58. The Hall–Kier alpha value is -2.41. The van der Waals surface area contributed by atoms with Gasteiger partial charge in [0.05, 0.1) is 5.92 Å². The molecule has 0 radical (unpaired) electrons.